The van der Waals surface area contributed by atoms with Crippen LogP contribution in [-0.2, 0) is 14.1 Å². The first-order valence-corrected chi connectivity index (χ1v) is 9.59. The summed E-state index contributed by atoms with van der Waals surface area (Å²) in [4.78, 5) is 27.5. The molecule has 11 heteroatoms. The zero-order valence-corrected chi connectivity index (χ0v) is 16.9. The molecule has 28 heavy (non-hydrogen) atoms. The van der Waals surface area contributed by atoms with Gasteiger partial charge in [-0.1, -0.05) is 18.0 Å². The second-order valence-corrected chi connectivity index (χ2v) is 8.55. The van der Waals surface area contributed by atoms with Crippen LogP contribution in [0.5, 0.6) is 0 Å². The van der Waals surface area contributed by atoms with E-state index in [-0.39, 0.29) is 26.5 Å². The van der Waals surface area contributed by atoms with E-state index in [2.05, 4.69) is 10.0 Å². The highest BCUT2D eigenvalue weighted by molar-refractivity contribution is 6.45. The largest absolute Gasteiger partial charge is 0.479 e. The van der Waals surface area contributed by atoms with Gasteiger partial charge in [0.05, 0.1) is 11.2 Å². The van der Waals surface area contributed by atoms with E-state index in [0.717, 1.165) is 4.90 Å². The van der Waals surface area contributed by atoms with Gasteiger partial charge in [0.1, 0.15) is 5.54 Å². The lowest BCUT2D eigenvalue weighted by molar-refractivity contribution is -0.153. The van der Waals surface area contributed by atoms with Crippen molar-refractivity contribution in [2.45, 2.75) is 88.9 Å². The zero-order chi connectivity index (χ0) is 21.2. The summed E-state index contributed by atoms with van der Waals surface area (Å²) >= 11 is 0. The first-order valence-electron chi connectivity index (χ1n) is 9.59. The highest BCUT2D eigenvalue weighted by atomic mass is 16.7. The van der Waals surface area contributed by atoms with Crippen molar-refractivity contribution < 1.29 is 29.1 Å². The molecule has 2 fully saturated rings. The Bertz CT molecular complexity index is 650. The number of hydrogen-bond donors (Lipinski definition) is 2. The van der Waals surface area contributed by atoms with Crippen LogP contribution >= 0.6 is 0 Å². The molecule has 0 saturated carbocycles. The van der Waals surface area contributed by atoms with Crippen molar-refractivity contribution in [3.8, 4) is 0 Å². The van der Waals surface area contributed by atoms with Gasteiger partial charge in [-0.2, -0.15) is 0 Å². The molecule has 0 bridgehead atoms. The van der Waals surface area contributed by atoms with Crippen molar-refractivity contribution in [3.05, 3.63) is 10.4 Å². The fourth-order valence-corrected chi connectivity index (χ4v) is 3.90. The third-order valence-corrected chi connectivity index (χ3v) is 6.20. The van der Waals surface area contributed by atoms with Crippen LogP contribution in [0.1, 0.15) is 59.8 Å². The quantitative estimate of drug-likeness (QED) is 0.221. The summed E-state index contributed by atoms with van der Waals surface area (Å²) in [6.45, 7) is 7.90. The summed E-state index contributed by atoms with van der Waals surface area (Å²) in [7, 11) is -0.372. The van der Waals surface area contributed by atoms with E-state index in [1.54, 1.807) is 0 Å². The van der Waals surface area contributed by atoms with Crippen molar-refractivity contribution in [2.75, 3.05) is 6.54 Å². The maximum Gasteiger partial charge on any atom is 0.457 e. The van der Waals surface area contributed by atoms with E-state index < -0.39 is 34.8 Å². The molecule has 0 aromatic carbocycles. The molecule has 1 amide bonds. The van der Waals surface area contributed by atoms with E-state index in [9.17, 15) is 19.8 Å². The second-order valence-electron chi connectivity index (χ2n) is 8.55. The summed E-state index contributed by atoms with van der Waals surface area (Å²) in [5.74, 6) is -1.21. The Balaban J connectivity index is 2.02. The number of hydrogen-bond acceptors (Lipinski definition) is 5. The summed E-state index contributed by atoms with van der Waals surface area (Å²) < 4.78 is 11.9. The number of likely N-dealkylation sites (tertiary alicyclic amines) is 1. The van der Waals surface area contributed by atoms with Gasteiger partial charge in [0, 0.05) is 17.5 Å². The van der Waals surface area contributed by atoms with Crippen LogP contribution in [0.3, 0.4) is 0 Å². The predicted octanol–water partition coefficient (Wildman–Crippen LogP) is 3.53. The third kappa shape index (κ3) is 4.37. The summed E-state index contributed by atoms with van der Waals surface area (Å²) in [5, 5.41) is 23.0. The third-order valence-electron chi connectivity index (χ3n) is 6.20. The molecule has 0 aromatic rings. The molecule has 0 aromatic heterocycles. The standard InChI is InChI=1S/C17H29BN4O6/c1-15(2)16(3,4)28-18(27-15)9-6-5-8-17(13(23)24)11-12(20-21-19)7-10-22(17)14(25)26/h12H,5-11H2,1-4H3,(H,23,24)(H,25,26)/t12-,17+/m0/s1. The molecule has 10 nitrogen and oxygen atoms in total. The fraction of sp³-hybridized carbons (Fsp3) is 0.882. The Morgan fingerprint density at radius 1 is 1.21 bits per heavy atom. The van der Waals surface area contributed by atoms with Crippen molar-refractivity contribution in [2.24, 2.45) is 5.11 Å². The van der Waals surface area contributed by atoms with Crippen LogP contribution in [0.2, 0.25) is 6.32 Å². The van der Waals surface area contributed by atoms with E-state index >= 15 is 0 Å². The van der Waals surface area contributed by atoms with Crippen LogP contribution < -0.4 is 0 Å². The first-order chi connectivity index (χ1) is 12.9. The molecule has 0 spiro atoms. The smallest absolute Gasteiger partial charge is 0.457 e. The molecule has 2 N–H and O–H groups in total. The van der Waals surface area contributed by atoms with Gasteiger partial charge in [-0.15, -0.1) is 0 Å². The Morgan fingerprint density at radius 3 is 2.32 bits per heavy atom. The molecular weight excluding hydrogens is 367 g/mol. The van der Waals surface area contributed by atoms with Gasteiger partial charge in [-0.05, 0) is 58.8 Å². The topological polar surface area (TPSA) is 145 Å². The number of piperidine rings is 1. The minimum absolute atomic E-state index is 0.0187. The molecular formula is C17H29BN4O6. The van der Waals surface area contributed by atoms with Gasteiger partial charge in [0.25, 0.3) is 0 Å². The lowest BCUT2D eigenvalue weighted by Gasteiger charge is -2.44. The lowest BCUT2D eigenvalue weighted by Crippen LogP contribution is -2.61. The van der Waals surface area contributed by atoms with Gasteiger partial charge in [0.15, 0.2) is 0 Å². The Hall–Kier alpha value is -1.97. The summed E-state index contributed by atoms with van der Waals surface area (Å²) in [6, 6.07) is -0.528. The first kappa shape index (κ1) is 22.3. The molecule has 0 aliphatic carbocycles. The van der Waals surface area contributed by atoms with Crippen molar-refractivity contribution >= 4 is 19.2 Å². The van der Waals surface area contributed by atoms with Crippen molar-refractivity contribution in [3.63, 3.8) is 0 Å². The number of aliphatic carboxylic acids is 1. The number of carbonyl (C=O) groups is 2. The molecule has 2 atom stereocenters. The fourth-order valence-electron chi connectivity index (χ4n) is 3.90. The van der Waals surface area contributed by atoms with E-state index in [1.165, 1.54) is 0 Å². The highest BCUT2D eigenvalue weighted by Gasteiger charge is 2.52. The minimum Gasteiger partial charge on any atom is -0.479 e. The number of carboxylic acid groups (broad SMARTS) is 2. The number of unbranched alkanes of at least 4 members (excludes halogenated alkanes) is 1. The minimum atomic E-state index is -1.58. The second kappa shape index (κ2) is 8.18. The number of rotatable bonds is 7. The van der Waals surface area contributed by atoms with Gasteiger partial charge in [-0.25, -0.2) is 9.59 Å². The molecule has 2 aliphatic heterocycles. The Kier molecular flexibility index (Phi) is 6.53. The van der Waals surface area contributed by atoms with E-state index in [4.69, 9.17) is 14.8 Å². The maximum absolute atomic E-state index is 12.1. The summed E-state index contributed by atoms with van der Waals surface area (Å²) in [6.07, 6.45) is 0.886. The van der Waals surface area contributed by atoms with Crippen LogP contribution in [0.4, 0.5) is 4.79 Å². The molecule has 2 rings (SSSR count). The monoisotopic (exact) mass is 396 g/mol. The Morgan fingerprint density at radius 2 is 1.82 bits per heavy atom. The average molecular weight is 396 g/mol. The summed E-state index contributed by atoms with van der Waals surface area (Å²) in [5.41, 5.74) is 6.24. The van der Waals surface area contributed by atoms with Gasteiger partial charge in [0.2, 0.25) is 0 Å². The number of azide groups is 1. The van der Waals surface area contributed by atoms with Crippen LogP contribution in [0, 0.1) is 0 Å². The normalized spacial score (nSPS) is 28.6. The highest BCUT2D eigenvalue weighted by Crippen LogP contribution is 2.39. The van der Waals surface area contributed by atoms with E-state index in [0.29, 0.717) is 25.6 Å². The van der Waals surface area contributed by atoms with Crippen LogP contribution in [-0.4, -0.2) is 63.6 Å². The molecule has 156 valence electrons. The number of amides is 1. The molecule has 2 heterocycles. The Labute approximate surface area is 164 Å². The average Bonchev–Trinajstić information content (AvgIpc) is 2.78. The number of nitrogens with zero attached hydrogens (tertiary/aromatic N) is 4. The lowest BCUT2D eigenvalue weighted by atomic mass is 9.77. The number of carboxylic acids is 1. The van der Waals surface area contributed by atoms with Gasteiger partial charge in [-0.3, -0.25) is 4.90 Å². The molecule has 0 unspecified atom stereocenters. The van der Waals surface area contributed by atoms with Gasteiger partial charge >= 0.3 is 19.2 Å². The van der Waals surface area contributed by atoms with Crippen LogP contribution in [0.15, 0.2) is 5.11 Å². The van der Waals surface area contributed by atoms with E-state index in [1.807, 2.05) is 27.7 Å². The van der Waals surface area contributed by atoms with Gasteiger partial charge < -0.3 is 19.5 Å². The molecule has 2 saturated heterocycles. The van der Waals surface area contributed by atoms with Crippen molar-refractivity contribution in [1.82, 2.24) is 4.90 Å². The van der Waals surface area contributed by atoms with Crippen LogP contribution in [0.25, 0.3) is 10.4 Å². The molecule has 0 radical (unpaired) electrons. The SMILES string of the molecule is CC1(C)OB(CCCC[C@]2(C(=O)O)C[C@@H](N=[N+]=[N-])CCN2C(=O)O)OC1(C)C. The van der Waals surface area contributed by atoms with Crippen molar-refractivity contribution in [1.29, 1.82) is 0 Å². The predicted molar refractivity (Wildman–Crippen MR) is 102 cm³/mol. The maximum atomic E-state index is 12.1. The molecule has 2 aliphatic rings. The zero-order valence-electron chi connectivity index (χ0n) is 16.9.